The van der Waals surface area contributed by atoms with Crippen LogP contribution in [0.5, 0.6) is 0 Å². The molecule has 1 aliphatic carbocycles. The van der Waals surface area contributed by atoms with Gasteiger partial charge in [0.1, 0.15) is 0 Å². The van der Waals surface area contributed by atoms with Crippen molar-refractivity contribution in [2.24, 2.45) is 5.92 Å². The quantitative estimate of drug-likeness (QED) is 0.657. The monoisotopic (exact) mass is 249 g/mol. The molecule has 1 N–H and O–H groups in total. The summed E-state index contributed by atoms with van der Waals surface area (Å²) in [7, 11) is 0. The SMILES string of the molecule is CCC1CC(C(=O)O)(c2cccc([N+](=O)[O-])c2)C1. The van der Waals surface area contributed by atoms with Crippen molar-refractivity contribution in [2.45, 2.75) is 31.6 Å². The molecule has 0 radical (unpaired) electrons. The van der Waals surface area contributed by atoms with E-state index >= 15 is 0 Å². The molecule has 1 aromatic rings. The van der Waals surface area contributed by atoms with Crippen molar-refractivity contribution in [1.82, 2.24) is 0 Å². The van der Waals surface area contributed by atoms with E-state index in [0.29, 0.717) is 24.3 Å². The summed E-state index contributed by atoms with van der Waals surface area (Å²) in [6, 6.07) is 6.00. The number of rotatable bonds is 4. The summed E-state index contributed by atoms with van der Waals surface area (Å²) < 4.78 is 0. The minimum Gasteiger partial charge on any atom is -0.481 e. The third kappa shape index (κ3) is 1.85. The number of hydrogen-bond acceptors (Lipinski definition) is 3. The van der Waals surface area contributed by atoms with Gasteiger partial charge in [0, 0.05) is 12.1 Å². The highest BCUT2D eigenvalue weighted by atomic mass is 16.6. The lowest BCUT2D eigenvalue weighted by atomic mass is 9.58. The maximum atomic E-state index is 11.5. The smallest absolute Gasteiger partial charge is 0.314 e. The number of nitro benzene ring substituents is 1. The Morgan fingerprint density at radius 2 is 2.22 bits per heavy atom. The third-order valence-electron chi connectivity index (χ3n) is 3.87. The fraction of sp³-hybridized carbons (Fsp3) is 0.462. The Morgan fingerprint density at radius 1 is 1.56 bits per heavy atom. The van der Waals surface area contributed by atoms with E-state index in [-0.39, 0.29) is 5.69 Å². The molecule has 5 heteroatoms. The lowest BCUT2D eigenvalue weighted by Gasteiger charge is -2.44. The van der Waals surface area contributed by atoms with Crippen LogP contribution in [0.25, 0.3) is 0 Å². The number of carbonyl (C=O) groups is 1. The number of carboxylic acid groups (broad SMARTS) is 1. The van der Waals surface area contributed by atoms with Crippen LogP contribution in [0, 0.1) is 16.0 Å². The molecule has 0 atom stereocenters. The van der Waals surface area contributed by atoms with Crippen LogP contribution in [0.2, 0.25) is 0 Å². The standard InChI is InChI=1S/C13H15NO4/c1-2-9-7-13(8-9,12(15)16)10-4-3-5-11(6-10)14(17)18/h3-6,9H,2,7-8H2,1H3,(H,15,16). The van der Waals surface area contributed by atoms with Gasteiger partial charge in [0.15, 0.2) is 0 Å². The summed E-state index contributed by atoms with van der Waals surface area (Å²) in [6.07, 6.45) is 2.09. The summed E-state index contributed by atoms with van der Waals surface area (Å²) in [5, 5.41) is 20.1. The predicted molar refractivity (Wildman–Crippen MR) is 65.4 cm³/mol. The van der Waals surface area contributed by atoms with Gasteiger partial charge in [-0.2, -0.15) is 0 Å². The Labute approximate surface area is 105 Å². The highest BCUT2D eigenvalue weighted by Gasteiger charge is 2.51. The molecule has 1 saturated carbocycles. The second-order valence-electron chi connectivity index (χ2n) is 4.88. The van der Waals surface area contributed by atoms with Gasteiger partial charge in [0.25, 0.3) is 5.69 Å². The topological polar surface area (TPSA) is 80.4 Å². The molecule has 0 aliphatic heterocycles. The predicted octanol–water partition coefficient (Wildman–Crippen LogP) is 2.74. The number of nitrogens with zero attached hydrogens (tertiary/aromatic N) is 1. The van der Waals surface area contributed by atoms with E-state index < -0.39 is 16.3 Å². The minimum atomic E-state index is -0.924. The highest BCUT2D eigenvalue weighted by molar-refractivity contribution is 5.83. The van der Waals surface area contributed by atoms with Gasteiger partial charge < -0.3 is 5.11 Å². The van der Waals surface area contributed by atoms with E-state index in [1.165, 1.54) is 12.1 Å². The average Bonchev–Trinajstić information content (AvgIpc) is 2.28. The number of aliphatic carboxylic acids is 1. The van der Waals surface area contributed by atoms with Gasteiger partial charge >= 0.3 is 5.97 Å². The fourth-order valence-electron chi connectivity index (χ4n) is 2.67. The summed E-state index contributed by atoms with van der Waals surface area (Å²) in [4.78, 5) is 21.7. The van der Waals surface area contributed by atoms with E-state index in [0.717, 1.165) is 6.42 Å². The molecule has 5 nitrogen and oxygen atoms in total. The second kappa shape index (κ2) is 4.40. The Hall–Kier alpha value is -1.91. The van der Waals surface area contributed by atoms with Crippen LogP contribution in [0.15, 0.2) is 24.3 Å². The molecule has 0 saturated heterocycles. The Morgan fingerprint density at radius 3 is 2.72 bits per heavy atom. The van der Waals surface area contributed by atoms with E-state index in [9.17, 15) is 20.0 Å². The maximum absolute atomic E-state index is 11.5. The second-order valence-corrected chi connectivity index (χ2v) is 4.88. The summed E-state index contributed by atoms with van der Waals surface area (Å²) in [5.41, 5.74) is -0.422. The van der Waals surface area contributed by atoms with Gasteiger partial charge in [-0.1, -0.05) is 25.5 Å². The van der Waals surface area contributed by atoms with Crippen LogP contribution in [0.3, 0.4) is 0 Å². The van der Waals surface area contributed by atoms with Crippen molar-refractivity contribution in [3.05, 3.63) is 39.9 Å². The molecular formula is C13H15NO4. The van der Waals surface area contributed by atoms with Crippen LogP contribution >= 0.6 is 0 Å². The number of non-ortho nitro benzene ring substituents is 1. The van der Waals surface area contributed by atoms with Gasteiger partial charge in [-0.05, 0) is 24.3 Å². The van der Waals surface area contributed by atoms with E-state index in [2.05, 4.69) is 0 Å². The first-order chi connectivity index (χ1) is 8.49. The van der Waals surface area contributed by atoms with Gasteiger partial charge in [-0.15, -0.1) is 0 Å². The summed E-state index contributed by atoms with van der Waals surface area (Å²) in [5.74, 6) is -0.479. The van der Waals surface area contributed by atoms with Gasteiger partial charge in [0.2, 0.25) is 0 Å². The van der Waals surface area contributed by atoms with Crippen molar-refractivity contribution >= 4 is 11.7 Å². The van der Waals surface area contributed by atoms with Crippen LogP contribution in [-0.2, 0) is 10.2 Å². The van der Waals surface area contributed by atoms with Crippen molar-refractivity contribution in [2.75, 3.05) is 0 Å². The zero-order valence-corrected chi connectivity index (χ0v) is 10.1. The number of nitro groups is 1. The zero-order valence-electron chi connectivity index (χ0n) is 10.1. The summed E-state index contributed by atoms with van der Waals surface area (Å²) in [6.45, 7) is 2.03. The fourth-order valence-corrected chi connectivity index (χ4v) is 2.67. The largest absolute Gasteiger partial charge is 0.481 e. The first kappa shape index (κ1) is 12.5. The van der Waals surface area contributed by atoms with E-state index in [1.807, 2.05) is 6.92 Å². The zero-order chi connectivity index (χ0) is 13.3. The molecule has 18 heavy (non-hydrogen) atoms. The Balaban J connectivity index is 2.36. The normalized spacial score (nSPS) is 26.4. The van der Waals surface area contributed by atoms with Crippen LogP contribution in [0.1, 0.15) is 31.7 Å². The average molecular weight is 249 g/mol. The minimum absolute atomic E-state index is 0.0481. The van der Waals surface area contributed by atoms with E-state index in [4.69, 9.17) is 0 Å². The number of benzene rings is 1. The first-order valence-electron chi connectivity index (χ1n) is 5.98. The van der Waals surface area contributed by atoms with Crippen molar-refractivity contribution in [3.63, 3.8) is 0 Å². The summed E-state index contributed by atoms with van der Waals surface area (Å²) >= 11 is 0. The number of carboxylic acids is 1. The molecular weight excluding hydrogens is 234 g/mol. The molecule has 2 rings (SSSR count). The molecule has 1 aromatic carbocycles. The molecule has 96 valence electrons. The molecule has 1 aliphatic rings. The molecule has 0 heterocycles. The van der Waals surface area contributed by atoms with Crippen LogP contribution in [-0.4, -0.2) is 16.0 Å². The van der Waals surface area contributed by atoms with Crippen molar-refractivity contribution in [1.29, 1.82) is 0 Å². The lowest BCUT2D eigenvalue weighted by Crippen LogP contribution is -2.47. The van der Waals surface area contributed by atoms with Gasteiger partial charge in [0.05, 0.1) is 10.3 Å². The molecule has 0 bridgehead atoms. The molecule has 0 unspecified atom stereocenters. The molecule has 0 spiro atoms. The van der Waals surface area contributed by atoms with Gasteiger partial charge in [-0.25, -0.2) is 0 Å². The maximum Gasteiger partial charge on any atom is 0.314 e. The van der Waals surface area contributed by atoms with Crippen LogP contribution in [0.4, 0.5) is 5.69 Å². The molecule has 0 amide bonds. The third-order valence-corrected chi connectivity index (χ3v) is 3.87. The highest BCUT2D eigenvalue weighted by Crippen LogP contribution is 2.49. The van der Waals surface area contributed by atoms with Crippen molar-refractivity contribution in [3.8, 4) is 0 Å². The first-order valence-corrected chi connectivity index (χ1v) is 5.98. The number of hydrogen-bond donors (Lipinski definition) is 1. The Kier molecular flexibility index (Phi) is 3.07. The van der Waals surface area contributed by atoms with Crippen molar-refractivity contribution < 1.29 is 14.8 Å². The van der Waals surface area contributed by atoms with E-state index in [1.54, 1.807) is 12.1 Å². The lowest BCUT2D eigenvalue weighted by molar-refractivity contribution is -0.385. The molecule has 0 aromatic heterocycles. The van der Waals surface area contributed by atoms with Crippen LogP contribution < -0.4 is 0 Å². The molecule has 1 fully saturated rings. The Bertz CT molecular complexity index is 492. The van der Waals surface area contributed by atoms with Gasteiger partial charge in [-0.3, -0.25) is 14.9 Å².